The minimum Gasteiger partial charge on any atom is -0.756 e. The number of rotatable bonds is 20. The van der Waals surface area contributed by atoms with Crippen molar-refractivity contribution < 1.29 is 32.9 Å². The maximum Gasteiger partial charge on any atom is 0.306 e. The van der Waals surface area contributed by atoms with Crippen LogP contribution in [0.3, 0.4) is 0 Å². The van der Waals surface area contributed by atoms with Crippen LogP contribution in [-0.2, 0) is 18.4 Å². The summed E-state index contributed by atoms with van der Waals surface area (Å²) in [7, 11) is 1.05. The molecular formula is C21H44NO6P. The second-order valence-corrected chi connectivity index (χ2v) is 10.3. The van der Waals surface area contributed by atoms with E-state index in [1.165, 1.54) is 57.8 Å². The van der Waals surface area contributed by atoms with Crippen LogP contribution in [0.2, 0.25) is 0 Å². The molecule has 29 heavy (non-hydrogen) atoms. The SMILES string of the molecule is CCCCCCCCCCCCCCOP(=O)([O-])O[C@H](CC(=O)O)C[N+](C)(C)C. The maximum absolute atomic E-state index is 12.0. The highest BCUT2D eigenvalue weighted by molar-refractivity contribution is 7.45. The summed E-state index contributed by atoms with van der Waals surface area (Å²) in [6, 6.07) is 0. The van der Waals surface area contributed by atoms with Crippen molar-refractivity contribution in [2.45, 2.75) is 96.5 Å². The quantitative estimate of drug-likeness (QED) is 0.168. The van der Waals surface area contributed by atoms with Crippen LogP contribution in [0.5, 0.6) is 0 Å². The lowest BCUT2D eigenvalue weighted by Crippen LogP contribution is -2.43. The van der Waals surface area contributed by atoms with E-state index in [0.717, 1.165) is 12.8 Å². The first-order chi connectivity index (χ1) is 13.6. The van der Waals surface area contributed by atoms with Gasteiger partial charge in [-0.05, 0) is 6.42 Å². The number of phosphoric acid groups is 1. The molecular weight excluding hydrogens is 393 g/mol. The van der Waals surface area contributed by atoms with Gasteiger partial charge >= 0.3 is 5.97 Å². The van der Waals surface area contributed by atoms with Crippen molar-refractivity contribution in [1.82, 2.24) is 0 Å². The van der Waals surface area contributed by atoms with E-state index >= 15 is 0 Å². The molecule has 2 atom stereocenters. The molecule has 0 aliphatic rings. The second kappa shape index (κ2) is 16.3. The van der Waals surface area contributed by atoms with Crippen LogP contribution in [0.15, 0.2) is 0 Å². The number of nitrogens with zero attached hydrogens (tertiary/aromatic N) is 1. The van der Waals surface area contributed by atoms with Crippen molar-refractivity contribution in [2.75, 3.05) is 34.3 Å². The summed E-state index contributed by atoms with van der Waals surface area (Å²) < 4.78 is 22.3. The van der Waals surface area contributed by atoms with Gasteiger partial charge in [0.1, 0.15) is 12.6 Å². The number of carbonyl (C=O) groups is 1. The number of carboxylic acid groups (broad SMARTS) is 1. The molecule has 0 rings (SSSR count). The number of hydrogen-bond acceptors (Lipinski definition) is 5. The minimum atomic E-state index is -4.50. The van der Waals surface area contributed by atoms with Gasteiger partial charge in [-0.2, -0.15) is 0 Å². The molecule has 7 nitrogen and oxygen atoms in total. The van der Waals surface area contributed by atoms with E-state index in [1.807, 2.05) is 21.1 Å². The molecule has 0 aromatic carbocycles. The highest BCUT2D eigenvalue weighted by Gasteiger charge is 2.26. The zero-order valence-electron chi connectivity index (χ0n) is 19.1. The summed E-state index contributed by atoms with van der Waals surface area (Å²) in [6.07, 6.45) is 13.0. The molecule has 0 heterocycles. The normalized spacial score (nSPS) is 15.2. The molecule has 8 heteroatoms. The molecule has 0 saturated carbocycles. The van der Waals surface area contributed by atoms with Gasteiger partial charge in [0.15, 0.2) is 0 Å². The zero-order valence-corrected chi connectivity index (χ0v) is 20.0. The first-order valence-electron chi connectivity index (χ1n) is 11.2. The molecule has 1 unspecified atom stereocenters. The van der Waals surface area contributed by atoms with Gasteiger partial charge in [-0.3, -0.25) is 9.36 Å². The Morgan fingerprint density at radius 1 is 0.931 bits per heavy atom. The Kier molecular flexibility index (Phi) is 16.0. The minimum absolute atomic E-state index is 0.0857. The number of aliphatic carboxylic acids is 1. The smallest absolute Gasteiger partial charge is 0.306 e. The van der Waals surface area contributed by atoms with E-state index in [2.05, 4.69) is 6.92 Å². The summed E-state index contributed by atoms with van der Waals surface area (Å²) in [5.41, 5.74) is 0. The molecule has 0 bridgehead atoms. The van der Waals surface area contributed by atoms with Crippen LogP contribution in [0.1, 0.15) is 90.4 Å². The Hall–Kier alpha value is -0.460. The van der Waals surface area contributed by atoms with Gasteiger partial charge in [-0.15, -0.1) is 0 Å². The van der Waals surface area contributed by atoms with Gasteiger partial charge in [0, 0.05) is 0 Å². The van der Waals surface area contributed by atoms with E-state index in [0.29, 0.717) is 10.9 Å². The van der Waals surface area contributed by atoms with Gasteiger partial charge in [0.25, 0.3) is 7.82 Å². The highest BCUT2D eigenvalue weighted by atomic mass is 31.2. The third-order valence-corrected chi connectivity index (χ3v) is 5.73. The number of likely N-dealkylation sites (N-methyl/N-ethyl adjacent to an activating group) is 1. The lowest BCUT2D eigenvalue weighted by molar-refractivity contribution is -0.873. The standard InChI is InChI=1S/C21H44NO6P/c1-5-6-7-8-9-10-11-12-13-14-15-16-17-27-29(25,26)28-20(18-21(23)24)19-22(2,3)4/h20H,5-19H2,1-4H3,(H-,23,24,25,26)/t20-/m1/s1. The average Bonchev–Trinajstić information content (AvgIpc) is 2.56. The van der Waals surface area contributed by atoms with Crippen molar-refractivity contribution in [2.24, 2.45) is 0 Å². The predicted molar refractivity (Wildman–Crippen MR) is 115 cm³/mol. The molecule has 0 aromatic heterocycles. The molecule has 0 amide bonds. The van der Waals surface area contributed by atoms with Gasteiger partial charge in [-0.1, -0.05) is 77.6 Å². The third-order valence-electron chi connectivity index (χ3n) is 4.68. The fourth-order valence-electron chi connectivity index (χ4n) is 3.27. The summed E-state index contributed by atoms with van der Waals surface area (Å²) in [5.74, 6) is -1.09. The van der Waals surface area contributed by atoms with E-state index in [4.69, 9.17) is 14.2 Å². The van der Waals surface area contributed by atoms with Crippen molar-refractivity contribution in [3.8, 4) is 0 Å². The van der Waals surface area contributed by atoms with Crippen molar-refractivity contribution in [1.29, 1.82) is 0 Å². The highest BCUT2D eigenvalue weighted by Crippen LogP contribution is 2.41. The fraction of sp³-hybridized carbons (Fsp3) is 0.952. The Morgan fingerprint density at radius 3 is 1.79 bits per heavy atom. The zero-order chi connectivity index (χ0) is 22.2. The van der Waals surface area contributed by atoms with Gasteiger partial charge in [-0.25, -0.2) is 0 Å². The molecule has 0 aliphatic carbocycles. The third kappa shape index (κ3) is 20.6. The molecule has 0 fully saturated rings. The van der Waals surface area contributed by atoms with Gasteiger partial charge < -0.3 is 23.5 Å². The topological polar surface area (TPSA) is 95.9 Å². The second-order valence-electron chi connectivity index (χ2n) is 8.97. The Morgan fingerprint density at radius 2 is 1.38 bits per heavy atom. The average molecular weight is 438 g/mol. The molecule has 0 radical (unpaired) electrons. The monoisotopic (exact) mass is 437 g/mol. The van der Waals surface area contributed by atoms with E-state index in [9.17, 15) is 14.3 Å². The Bertz CT molecular complexity index is 467. The molecule has 0 aliphatic heterocycles. The van der Waals surface area contributed by atoms with Crippen LogP contribution in [-0.4, -0.2) is 56.0 Å². The maximum atomic E-state index is 12.0. The first-order valence-corrected chi connectivity index (χ1v) is 12.7. The largest absolute Gasteiger partial charge is 0.756 e. The van der Waals surface area contributed by atoms with Gasteiger partial charge in [0.05, 0.1) is 34.2 Å². The molecule has 0 aromatic rings. The lowest BCUT2D eigenvalue weighted by Gasteiger charge is -2.32. The fourth-order valence-corrected chi connectivity index (χ4v) is 4.19. The van der Waals surface area contributed by atoms with Crippen molar-refractivity contribution >= 4 is 13.8 Å². The molecule has 174 valence electrons. The number of quaternary nitrogens is 1. The summed E-state index contributed by atoms with van der Waals surface area (Å²) in [4.78, 5) is 22.9. The summed E-state index contributed by atoms with van der Waals surface area (Å²) >= 11 is 0. The number of unbranched alkanes of at least 4 members (excludes halogenated alkanes) is 11. The first kappa shape index (κ1) is 28.5. The summed E-state index contributed by atoms with van der Waals surface area (Å²) in [5, 5.41) is 8.96. The van der Waals surface area contributed by atoms with Crippen LogP contribution >= 0.6 is 7.82 Å². The molecule has 0 spiro atoms. The van der Waals surface area contributed by atoms with E-state index in [-0.39, 0.29) is 19.6 Å². The molecule has 0 saturated heterocycles. The van der Waals surface area contributed by atoms with Crippen LogP contribution in [0.25, 0.3) is 0 Å². The lowest BCUT2D eigenvalue weighted by atomic mass is 10.1. The van der Waals surface area contributed by atoms with Gasteiger partial charge in [0.2, 0.25) is 0 Å². The van der Waals surface area contributed by atoms with E-state index < -0.39 is 19.9 Å². The Labute approximate surface area is 178 Å². The number of hydrogen-bond donors (Lipinski definition) is 1. The van der Waals surface area contributed by atoms with Crippen LogP contribution in [0, 0.1) is 0 Å². The van der Waals surface area contributed by atoms with Crippen LogP contribution in [0.4, 0.5) is 0 Å². The number of carboxylic acids is 1. The predicted octanol–water partition coefficient (Wildman–Crippen LogP) is 4.74. The molecule has 1 N–H and O–H groups in total. The van der Waals surface area contributed by atoms with E-state index in [1.54, 1.807) is 0 Å². The van der Waals surface area contributed by atoms with Crippen LogP contribution < -0.4 is 4.89 Å². The summed E-state index contributed by atoms with van der Waals surface area (Å²) in [6.45, 7) is 2.58. The Balaban J connectivity index is 3.82. The van der Waals surface area contributed by atoms with Crippen molar-refractivity contribution in [3.63, 3.8) is 0 Å². The van der Waals surface area contributed by atoms with Crippen molar-refractivity contribution in [3.05, 3.63) is 0 Å². The number of phosphoric ester groups is 1.